The lowest BCUT2D eigenvalue weighted by Gasteiger charge is -2.13. The molecule has 0 bridgehead atoms. The zero-order valence-electron chi connectivity index (χ0n) is 11.3. The standard InChI is InChI=1S/C15H13F3N2O2/c16-10-3-1-9(2-4-10)14(21)8-19-15(22)20-11-5-6-12(17)13(18)7-11/h1-7,14,21H,8H2,(H2,19,20,22). The molecule has 0 spiro atoms. The van der Waals surface area contributed by atoms with Crippen molar-refractivity contribution >= 4 is 11.7 Å². The fourth-order valence-corrected chi connectivity index (χ4v) is 1.74. The molecule has 1 atom stereocenters. The molecule has 7 heteroatoms. The zero-order chi connectivity index (χ0) is 16.1. The van der Waals surface area contributed by atoms with Crippen LogP contribution in [0.15, 0.2) is 42.5 Å². The number of urea groups is 1. The Morgan fingerprint density at radius 1 is 1.05 bits per heavy atom. The van der Waals surface area contributed by atoms with Gasteiger partial charge < -0.3 is 15.7 Å². The van der Waals surface area contributed by atoms with Gasteiger partial charge in [-0.1, -0.05) is 12.1 Å². The van der Waals surface area contributed by atoms with Crippen LogP contribution in [0.4, 0.5) is 23.7 Å². The second-order valence-corrected chi connectivity index (χ2v) is 4.53. The molecular weight excluding hydrogens is 297 g/mol. The van der Waals surface area contributed by atoms with Crippen LogP contribution >= 0.6 is 0 Å². The molecule has 3 N–H and O–H groups in total. The van der Waals surface area contributed by atoms with Gasteiger partial charge in [0.2, 0.25) is 0 Å². The summed E-state index contributed by atoms with van der Waals surface area (Å²) >= 11 is 0. The fourth-order valence-electron chi connectivity index (χ4n) is 1.74. The van der Waals surface area contributed by atoms with E-state index in [9.17, 15) is 23.1 Å². The molecule has 1 unspecified atom stereocenters. The predicted octanol–water partition coefficient (Wildman–Crippen LogP) is 2.96. The van der Waals surface area contributed by atoms with Crippen molar-refractivity contribution < 1.29 is 23.1 Å². The first-order valence-corrected chi connectivity index (χ1v) is 6.39. The van der Waals surface area contributed by atoms with E-state index in [0.29, 0.717) is 5.56 Å². The summed E-state index contributed by atoms with van der Waals surface area (Å²) in [6.07, 6.45) is -1.02. The number of aliphatic hydroxyl groups is 1. The topological polar surface area (TPSA) is 61.4 Å². The Morgan fingerprint density at radius 3 is 2.36 bits per heavy atom. The van der Waals surface area contributed by atoms with E-state index < -0.39 is 29.6 Å². The lowest BCUT2D eigenvalue weighted by Crippen LogP contribution is -2.32. The molecular formula is C15H13F3N2O2. The van der Waals surface area contributed by atoms with Gasteiger partial charge in [0.05, 0.1) is 6.10 Å². The highest BCUT2D eigenvalue weighted by atomic mass is 19.2. The smallest absolute Gasteiger partial charge is 0.319 e. The average molecular weight is 310 g/mol. The molecule has 2 aromatic rings. The average Bonchev–Trinajstić information content (AvgIpc) is 2.49. The summed E-state index contributed by atoms with van der Waals surface area (Å²) in [5.41, 5.74) is 0.516. The van der Waals surface area contributed by atoms with Gasteiger partial charge in [0.15, 0.2) is 11.6 Å². The predicted molar refractivity (Wildman–Crippen MR) is 74.7 cm³/mol. The Morgan fingerprint density at radius 2 is 1.73 bits per heavy atom. The minimum absolute atomic E-state index is 0.0765. The number of carbonyl (C=O) groups excluding carboxylic acids is 1. The monoisotopic (exact) mass is 310 g/mol. The van der Waals surface area contributed by atoms with Crippen molar-refractivity contribution in [2.75, 3.05) is 11.9 Å². The molecule has 0 fully saturated rings. The Balaban J connectivity index is 1.86. The molecule has 2 rings (SSSR count). The summed E-state index contributed by atoms with van der Waals surface area (Å²) < 4.78 is 38.5. The maximum atomic E-state index is 13.0. The molecule has 2 aromatic carbocycles. The van der Waals surface area contributed by atoms with Crippen molar-refractivity contribution in [1.29, 1.82) is 0 Å². The zero-order valence-corrected chi connectivity index (χ0v) is 11.3. The van der Waals surface area contributed by atoms with Gasteiger partial charge in [-0.25, -0.2) is 18.0 Å². The van der Waals surface area contributed by atoms with Gasteiger partial charge in [0.1, 0.15) is 5.82 Å². The molecule has 0 aliphatic carbocycles. The molecule has 2 amide bonds. The van der Waals surface area contributed by atoms with E-state index in [1.807, 2.05) is 0 Å². The van der Waals surface area contributed by atoms with E-state index in [2.05, 4.69) is 10.6 Å². The van der Waals surface area contributed by atoms with Gasteiger partial charge in [-0.15, -0.1) is 0 Å². The summed E-state index contributed by atoms with van der Waals surface area (Å²) in [5, 5.41) is 14.5. The van der Waals surface area contributed by atoms with Gasteiger partial charge in [-0.2, -0.15) is 0 Å². The quantitative estimate of drug-likeness (QED) is 0.813. The highest BCUT2D eigenvalue weighted by Gasteiger charge is 2.10. The van der Waals surface area contributed by atoms with Crippen LogP contribution in [-0.4, -0.2) is 17.7 Å². The number of nitrogens with one attached hydrogen (secondary N) is 2. The number of aliphatic hydroxyl groups excluding tert-OH is 1. The second-order valence-electron chi connectivity index (χ2n) is 4.53. The number of benzene rings is 2. The number of rotatable bonds is 4. The van der Waals surface area contributed by atoms with E-state index in [0.717, 1.165) is 12.1 Å². The van der Waals surface area contributed by atoms with Crippen LogP contribution in [0.25, 0.3) is 0 Å². The van der Waals surface area contributed by atoms with Gasteiger partial charge in [-0.3, -0.25) is 0 Å². The van der Waals surface area contributed by atoms with Crippen molar-refractivity contribution in [1.82, 2.24) is 5.32 Å². The summed E-state index contributed by atoms with van der Waals surface area (Å²) in [5.74, 6) is -2.53. The molecule has 0 radical (unpaired) electrons. The SMILES string of the molecule is O=C(NCC(O)c1ccc(F)cc1)Nc1ccc(F)c(F)c1. The number of hydrogen-bond acceptors (Lipinski definition) is 2. The van der Waals surface area contributed by atoms with Crippen LogP contribution in [-0.2, 0) is 0 Å². The summed E-state index contributed by atoms with van der Waals surface area (Å²) in [6, 6.07) is 7.43. The normalized spacial score (nSPS) is 11.8. The van der Waals surface area contributed by atoms with Crippen LogP contribution in [0, 0.1) is 17.5 Å². The van der Waals surface area contributed by atoms with Gasteiger partial charge in [0.25, 0.3) is 0 Å². The number of amides is 2. The lowest BCUT2D eigenvalue weighted by atomic mass is 10.1. The summed E-state index contributed by atoms with van der Waals surface area (Å²) in [4.78, 5) is 11.6. The number of halogens is 3. The third-order valence-corrected chi connectivity index (χ3v) is 2.89. The molecule has 0 heterocycles. The third kappa shape index (κ3) is 4.23. The van der Waals surface area contributed by atoms with E-state index >= 15 is 0 Å². The summed E-state index contributed by atoms with van der Waals surface area (Å²) in [6.45, 7) is -0.124. The maximum Gasteiger partial charge on any atom is 0.319 e. The first-order chi connectivity index (χ1) is 10.5. The second kappa shape index (κ2) is 6.95. The molecule has 0 aromatic heterocycles. The van der Waals surface area contributed by atoms with Crippen LogP contribution in [0.1, 0.15) is 11.7 Å². The summed E-state index contributed by atoms with van der Waals surface area (Å²) in [7, 11) is 0. The first-order valence-electron chi connectivity index (χ1n) is 6.39. The van der Waals surface area contributed by atoms with E-state index in [-0.39, 0.29) is 12.2 Å². The minimum atomic E-state index is -1.08. The van der Waals surface area contributed by atoms with Crippen molar-refractivity contribution in [3.05, 3.63) is 65.5 Å². The van der Waals surface area contributed by atoms with E-state index in [1.54, 1.807) is 0 Å². The van der Waals surface area contributed by atoms with Crippen LogP contribution in [0.2, 0.25) is 0 Å². The van der Waals surface area contributed by atoms with Crippen molar-refractivity contribution in [3.8, 4) is 0 Å². The van der Waals surface area contributed by atoms with Gasteiger partial charge >= 0.3 is 6.03 Å². The van der Waals surface area contributed by atoms with Crippen molar-refractivity contribution in [2.24, 2.45) is 0 Å². The molecule has 22 heavy (non-hydrogen) atoms. The Kier molecular flexibility index (Phi) is 5.00. The molecule has 0 aliphatic rings. The third-order valence-electron chi connectivity index (χ3n) is 2.89. The van der Waals surface area contributed by atoms with Crippen molar-refractivity contribution in [2.45, 2.75) is 6.10 Å². The minimum Gasteiger partial charge on any atom is -0.387 e. The molecule has 116 valence electrons. The molecule has 0 aliphatic heterocycles. The molecule has 0 saturated heterocycles. The van der Waals surface area contributed by atoms with Crippen LogP contribution < -0.4 is 10.6 Å². The van der Waals surface area contributed by atoms with E-state index in [1.165, 1.54) is 30.3 Å². The largest absolute Gasteiger partial charge is 0.387 e. The Labute approximate surface area is 124 Å². The highest BCUT2D eigenvalue weighted by Crippen LogP contribution is 2.14. The number of anilines is 1. The van der Waals surface area contributed by atoms with Crippen molar-refractivity contribution in [3.63, 3.8) is 0 Å². The maximum absolute atomic E-state index is 13.0. The van der Waals surface area contributed by atoms with Gasteiger partial charge in [0, 0.05) is 18.3 Å². The Bertz CT molecular complexity index is 662. The number of carbonyl (C=O) groups is 1. The van der Waals surface area contributed by atoms with Crippen LogP contribution in [0.5, 0.6) is 0 Å². The molecule has 0 saturated carbocycles. The highest BCUT2D eigenvalue weighted by molar-refractivity contribution is 5.89. The number of hydrogen-bond donors (Lipinski definition) is 3. The lowest BCUT2D eigenvalue weighted by molar-refractivity contribution is 0.175. The first kappa shape index (κ1) is 15.8. The van der Waals surface area contributed by atoms with E-state index in [4.69, 9.17) is 0 Å². The van der Waals surface area contributed by atoms with Crippen LogP contribution in [0.3, 0.4) is 0 Å². The Hall–Kier alpha value is -2.54. The fraction of sp³-hybridized carbons (Fsp3) is 0.133. The molecule has 4 nitrogen and oxygen atoms in total. The van der Waals surface area contributed by atoms with Gasteiger partial charge in [-0.05, 0) is 29.8 Å².